The number of halogens is 2. The lowest BCUT2D eigenvalue weighted by Crippen LogP contribution is -2.41. The molecule has 0 N–H and O–H groups in total. The smallest absolute Gasteiger partial charge is 0.265 e. The molecule has 2 aromatic rings. The third-order valence-corrected chi connectivity index (χ3v) is 5.06. The minimum absolute atomic E-state index is 0.418. The Morgan fingerprint density at radius 1 is 1.25 bits per heavy atom. The maximum atomic E-state index is 14.0. The van der Waals surface area contributed by atoms with Crippen molar-refractivity contribution in [2.45, 2.75) is 51.1 Å². The minimum Gasteiger partial charge on any atom is -0.329 e. The standard InChI is InChI=1S/C19H21F2N3/c1-13-9-10-16(19(2,20)21)24(13)17-12-23-11-5-7-14-6-3-4-8-15(14)18(23)22-17/h3-4,6,8,12,16H,1,5,7,9-11H2,2H3. The Bertz CT molecular complexity index is 788. The summed E-state index contributed by atoms with van der Waals surface area (Å²) in [7, 11) is 0. The van der Waals surface area contributed by atoms with Gasteiger partial charge in [-0.25, -0.2) is 13.8 Å². The zero-order valence-electron chi connectivity index (χ0n) is 13.8. The van der Waals surface area contributed by atoms with E-state index >= 15 is 0 Å². The van der Waals surface area contributed by atoms with Crippen molar-refractivity contribution in [1.82, 2.24) is 9.55 Å². The summed E-state index contributed by atoms with van der Waals surface area (Å²) in [5.41, 5.74) is 3.10. The summed E-state index contributed by atoms with van der Waals surface area (Å²) in [5, 5.41) is 0. The number of hydrogen-bond acceptors (Lipinski definition) is 2. The molecule has 1 aromatic heterocycles. The molecule has 3 nitrogen and oxygen atoms in total. The van der Waals surface area contributed by atoms with Crippen molar-refractivity contribution in [1.29, 1.82) is 0 Å². The van der Waals surface area contributed by atoms with Gasteiger partial charge in [0.2, 0.25) is 0 Å². The van der Waals surface area contributed by atoms with Gasteiger partial charge in [-0.15, -0.1) is 0 Å². The van der Waals surface area contributed by atoms with Crippen LogP contribution in [-0.2, 0) is 13.0 Å². The Hall–Kier alpha value is -2.17. The van der Waals surface area contributed by atoms with Gasteiger partial charge >= 0.3 is 0 Å². The average Bonchev–Trinajstić information content (AvgIpc) is 3.07. The van der Waals surface area contributed by atoms with Gasteiger partial charge in [0.15, 0.2) is 5.82 Å². The number of anilines is 1. The van der Waals surface area contributed by atoms with Crippen LogP contribution < -0.4 is 4.90 Å². The van der Waals surface area contributed by atoms with Crippen molar-refractivity contribution in [2.24, 2.45) is 0 Å². The highest BCUT2D eigenvalue weighted by molar-refractivity contribution is 5.65. The summed E-state index contributed by atoms with van der Waals surface area (Å²) >= 11 is 0. The molecule has 3 heterocycles. The van der Waals surface area contributed by atoms with E-state index in [2.05, 4.69) is 23.3 Å². The van der Waals surface area contributed by atoms with Crippen LogP contribution in [0, 0.1) is 0 Å². The largest absolute Gasteiger partial charge is 0.329 e. The van der Waals surface area contributed by atoms with E-state index in [0.717, 1.165) is 43.4 Å². The number of nitrogens with zero attached hydrogens (tertiary/aromatic N) is 3. The first-order valence-electron chi connectivity index (χ1n) is 8.45. The topological polar surface area (TPSA) is 21.1 Å². The number of hydrogen-bond donors (Lipinski definition) is 0. The summed E-state index contributed by atoms with van der Waals surface area (Å²) in [6.07, 6.45) is 4.95. The minimum atomic E-state index is -2.78. The van der Waals surface area contributed by atoms with Crippen LogP contribution in [-0.4, -0.2) is 21.5 Å². The van der Waals surface area contributed by atoms with Gasteiger partial charge in [0.05, 0.1) is 6.04 Å². The van der Waals surface area contributed by atoms with Gasteiger partial charge in [-0.05, 0) is 31.2 Å². The number of benzene rings is 1. The molecule has 0 saturated carbocycles. The molecule has 0 radical (unpaired) electrons. The molecule has 2 aliphatic rings. The normalized spacial score (nSPS) is 20.7. The molecule has 0 bridgehead atoms. The lowest BCUT2D eigenvalue weighted by Gasteiger charge is -2.29. The first-order chi connectivity index (χ1) is 11.4. The molecular formula is C19H21F2N3. The summed E-state index contributed by atoms with van der Waals surface area (Å²) < 4.78 is 30.1. The summed E-state index contributed by atoms with van der Waals surface area (Å²) in [5.74, 6) is -1.31. The molecule has 1 unspecified atom stereocenters. The SMILES string of the molecule is C=C1CCC(C(C)(F)F)N1c1cn2c(n1)-c1ccccc1CCC2. The van der Waals surface area contributed by atoms with E-state index in [9.17, 15) is 8.78 Å². The van der Waals surface area contributed by atoms with E-state index in [-0.39, 0.29) is 0 Å². The number of allylic oxidation sites excluding steroid dienone is 1. The van der Waals surface area contributed by atoms with Crippen molar-refractivity contribution < 1.29 is 8.78 Å². The van der Waals surface area contributed by atoms with Crippen molar-refractivity contribution in [2.75, 3.05) is 4.90 Å². The first-order valence-corrected chi connectivity index (χ1v) is 8.45. The monoisotopic (exact) mass is 329 g/mol. The van der Waals surface area contributed by atoms with E-state index in [1.165, 1.54) is 5.56 Å². The second kappa shape index (κ2) is 5.43. The zero-order chi connectivity index (χ0) is 16.9. The van der Waals surface area contributed by atoms with Gasteiger partial charge in [0, 0.05) is 30.9 Å². The van der Waals surface area contributed by atoms with Crippen LogP contribution in [0.25, 0.3) is 11.4 Å². The molecule has 1 atom stereocenters. The van der Waals surface area contributed by atoms with Gasteiger partial charge in [0.25, 0.3) is 5.92 Å². The van der Waals surface area contributed by atoms with Crippen molar-refractivity contribution >= 4 is 5.82 Å². The molecule has 2 aliphatic heterocycles. The van der Waals surface area contributed by atoms with Gasteiger partial charge in [-0.1, -0.05) is 30.8 Å². The fraction of sp³-hybridized carbons (Fsp3) is 0.421. The first kappa shape index (κ1) is 15.4. The number of fused-ring (bicyclic) bond motifs is 3. The molecule has 5 heteroatoms. The quantitative estimate of drug-likeness (QED) is 0.801. The molecule has 126 valence electrons. The third-order valence-electron chi connectivity index (χ3n) is 5.06. The second-order valence-corrected chi connectivity index (χ2v) is 6.82. The van der Waals surface area contributed by atoms with Crippen LogP contribution in [0.1, 0.15) is 31.7 Å². The van der Waals surface area contributed by atoms with Gasteiger partial charge in [-0.3, -0.25) is 0 Å². The maximum Gasteiger partial charge on any atom is 0.265 e. The van der Waals surface area contributed by atoms with Crippen molar-refractivity contribution in [3.8, 4) is 11.4 Å². The number of aryl methyl sites for hydroxylation is 2. The van der Waals surface area contributed by atoms with Crippen LogP contribution in [0.5, 0.6) is 0 Å². The molecule has 0 aliphatic carbocycles. The summed E-state index contributed by atoms with van der Waals surface area (Å²) in [4.78, 5) is 6.39. The summed E-state index contributed by atoms with van der Waals surface area (Å²) in [6.45, 7) is 5.83. The molecule has 1 fully saturated rings. The van der Waals surface area contributed by atoms with E-state index in [1.807, 2.05) is 18.3 Å². The Labute approximate surface area is 140 Å². The Morgan fingerprint density at radius 3 is 2.83 bits per heavy atom. The van der Waals surface area contributed by atoms with E-state index in [1.54, 1.807) is 4.90 Å². The number of aromatic nitrogens is 2. The van der Waals surface area contributed by atoms with Gasteiger partial charge < -0.3 is 9.47 Å². The number of rotatable bonds is 2. The Kier molecular flexibility index (Phi) is 3.48. The molecule has 1 saturated heterocycles. The van der Waals surface area contributed by atoms with E-state index < -0.39 is 12.0 Å². The van der Waals surface area contributed by atoms with Crippen LogP contribution in [0.15, 0.2) is 42.7 Å². The fourth-order valence-corrected chi connectivity index (χ4v) is 3.87. The van der Waals surface area contributed by atoms with Crippen molar-refractivity contribution in [3.63, 3.8) is 0 Å². The van der Waals surface area contributed by atoms with Crippen LogP contribution in [0.2, 0.25) is 0 Å². The van der Waals surface area contributed by atoms with Crippen LogP contribution in [0.4, 0.5) is 14.6 Å². The predicted octanol–water partition coefficient (Wildman–Crippen LogP) is 4.63. The zero-order valence-corrected chi connectivity index (χ0v) is 13.8. The van der Waals surface area contributed by atoms with Gasteiger partial charge in [-0.2, -0.15) is 0 Å². The highest BCUT2D eigenvalue weighted by atomic mass is 19.3. The average molecular weight is 329 g/mol. The van der Waals surface area contributed by atoms with Crippen LogP contribution in [0.3, 0.4) is 0 Å². The molecule has 24 heavy (non-hydrogen) atoms. The van der Waals surface area contributed by atoms with E-state index in [0.29, 0.717) is 18.7 Å². The fourth-order valence-electron chi connectivity index (χ4n) is 3.87. The van der Waals surface area contributed by atoms with E-state index in [4.69, 9.17) is 4.98 Å². The highest BCUT2D eigenvalue weighted by Crippen LogP contribution is 2.40. The Morgan fingerprint density at radius 2 is 2.04 bits per heavy atom. The molecule has 0 spiro atoms. The maximum absolute atomic E-state index is 14.0. The lowest BCUT2D eigenvalue weighted by atomic mass is 10.0. The Balaban J connectivity index is 1.79. The van der Waals surface area contributed by atoms with Crippen molar-refractivity contribution in [3.05, 3.63) is 48.3 Å². The van der Waals surface area contributed by atoms with Gasteiger partial charge in [0.1, 0.15) is 5.82 Å². The molecule has 1 aromatic carbocycles. The highest BCUT2D eigenvalue weighted by Gasteiger charge is 2.44. The molecule has 0 amide bonds. The molecule has 4 rings (SSSR count). The second-order valence-electron chi connectivity index (χ2n) is 6.82. The lowest BCUT2D eigenvalue weighted by molar-refractivity contribution is -0.00340. The summed E-state index contributed by atoms with van der Waals surface area (Å²) in [6, 6.07) is 7.36. The number of imidazole rings is 1. The predicted molar refractivity (Wildman–Crippen MR) is 91.2 cm³/mol. The third kappa shape index (κ3) is 2.43. The van der Waals surface area contributed by atoms with Crippen LogP contribution >= 0.6 is 0 Å². The molecular weight excluding hydrogens is 308 g/mol. The number of alkyl halides is 2.